The van der Waals surface area contributed by atoms with Gasteiger partial charge >= 0.3 is 12.0 Å². The molecule has 8 nitrogen and oxygen atoms in total. The van der Waals surface area contributed by atoms with Crippen molar-refractivity contribution in [3.8, 4) is 5.75 Å². The summed E-state index contributed by atoms with van der Waals surface area (Å²) < 4.78 is 18.4. The van der Waals surface area contributed by atoms with Gasteiger partial charge in [-0.15, -0.1) is 6.58 Å². The highest BCUT2D eigenvalue weighted by Gasteiger charge is 2.36. The van der Waals surface area contributed by atoms with E-state index < -0.39 is 36.2 Å². The Hall–Kier alpha value is -4.27. The van der Waals surface area contributed by atoms with Gasteiger partial charge in [-0.2, -0.15) is 0 Å². The number of nitrogens with one attached hydrogen (secondary N) is 1. The van der Waals surface area contributed by atoms with Gasteiger partial charge in [0.15, 0.2) is 6.61 Å². The molecule has 1 aliphatic rings. The van der Waals surface area contributed by atoms with Crippen molar-refractivity contribution in [2.24, 2.45) is 0 Å². The van der Waals surface area contributed by atoms with Gasteiger partial charge in [-0.1, -0.05) is 12.1 Å². The lowest BCUT2D eigenvalue weighted by Crippen LogP contribution is -2.54. The van der Waals surface area contributed by atoms with Crippen molar-refractivity contribution in [3.63, 3.8) is 0 Å². The van der Waals surface area contributed by atoms with Crippen LogP contribution in [-0.4, -0.2) is 35.5 Å². The van der Waals surface area contributed by atoms with Crippen molar-refractivity contribution < 1.29 is 33.4 Å². The molecule has 1 aliphatic heterocycles. The first-order valence-corrected chi connectivity index (χ1v) is 9.05. The van der Waals surface area contributed by atoms with Crippen LogP contribution in [0.25, 0.3) is 6.08 Å². The Morgan fingerprint density at radius 1 is 1.16 bits per heavy atom. The second-order valence-electron chi connectivity index (χ2n) is 6.48. The van der Waals surface area contributed by atoms with Gasteiger partial charge in [-0.3, -0.25) is 14.9 Å². The van der Waals surface area contributed by atoms with Gasteiger partial charge in [-0.05, 0) is 60.0 Å². The Balaban J connectivity index is 1.96. The lowest BCUT2D eigenvalue weighted by Gasteiger charge is -2.26. The summed E-state index contributed by atoms with van der Waals surface area (Å²) in [7, 11) is 0. The fourth-order valence-corrected chi connectivity index (χ4v) is 2.93. The first kappa shape index (κ1) is 21.4. The molecule has 1 saturated heterocycles. The van der Waals surface area contributed by atoms with E-state index in [0.29, 0.717) is 23.3 Å². The van der Waals surface area contributed by atoms with Crippen LogP contribution in [0.15, 0.2) is 60.7 Å². The summed E-state index contributed by atoms with van der Waals surface area (Å²) in [5.74, 6) is -3.08. The quantitative estimate of drug-likeness (QED) is 0.401. The van der Waals surface area contributed by atoms with Crippen LogP contribution in [0.4, 0.5) is 14.9 Å². The fourth-order valence-electron chi connectivity index (χ4n) is 2.93. The molecular formula is C22H17FN2O6. The van der Waals surface area contributed by atoms with Crippen LogP contribution in [-0.2, 0) is 20.8 Å². The highest BCUT2D eigenvalue weighted by molar-refractivity contribution is 6.39. The van der Waals surface area contributed by atoms with Gasteiger partial charge < -0.3 is 9.84 Å². The second-order valence-corrected chi connectivity index (χ2v) is 6.48. The summed E-state index contributed by atoms with van der Waals surface area (Å²) in [5.41, 5.74) is 0.854. The molecule has 2 N–H and O–H groups in total. The fraction of sp³-hybridized carbons (Fsp3) is 0.0909. The topological polar surface area (TPSA) is 113 Å². The number of barbiturate groups is 1. The maximum atomic E-state index is 13.2. The van der Waals surface area contributed by atoms with E-state index >= 15 is 0 Å². The molecule has 2 aromatic rings. The maximum absolute atomic E-state index is 13.2. The molecule has 0 atom stereocenters. The van der Waals surface area contributed by atoms with Gasteiger partial charge in [0.1, 0.15) is 17.1 Å². The molecule has 4 amide bonds. The van der Waals surface area contributed by atoms with E-state index in [2.05, 4.69) is 11.9 Å². The molecule has 3 rings (SSSR count). The van der Waals surface area contributed by atoms with Crippen molar-refractivity contribution in [1.29, 1.82) is 0 Å². The third-order valence-corrected chi connectivity index (χ3v) is 4.30. The van der Waals surface area contributed by atoms with Gasteiger partial charge in [0, 0.05) is 0 Å². The van der Waals surface area contributed by atoms with Crippen LogP contribution in [0.1, 0.15) is 11.1 Å². The number of anilines is 1. The number of imide groups is 2. The maximum Gasteiger partial charge on any atom is 0.341 e. The Morgan fingerprint density at radius 2 is 1.87 bits per heavy atom. The number of carboxylic acid groups (broad SMARTS) is 1. The molecule has 1 fully saturated rings. The minimum atomic E-state index is -1.13. The minimum absolute atomic E-state index is 0.104. The van der Waals surface area contributed by atoms with Crippen LogP contribution in [0.3, 0.4) is 0 Å². The summed E-state index contributed by atoms with van der Waals surface area (Å²) in [6, 6.07) is 8.40. The van der Waals surface area contributed by atoms with Crippen molar-refractivity contribution in [3.05, 3.63) is 77.6 Å². The predicted octanol–water partition coefficient (Wildman–Crippen LogP) is 2.68. The first-order chi connectivity index (χ1) is 14.8. The zero-order valence-corrected chi connectivity index (χ0v) is 16.1. The number of hydrogen-bond donors (Lipinski definition) is 2. The molecular weight excluding hydrogens is 407 g/mol. The summed E-state index contributed by atoms with van der Waals surface area (Å²) in [5, 5.41) is 10.9. The summed E-state index contributed by atoms with van der Waals surface area (Å²) in [4.78, 5) is 48.8. The lowest BCUT2D eigenvalue weighted by atomic mass is 10.0. The standard InChI is InChI=1S/C22H17FN2O6/c1-2-3-14-10-13(4-9-18(14)31-12-19(26)27)11-17-20(28)24-22(30)25(21(17)29)16-7-5-15(23)6-8-16/h2,4-11H,1,3,12H2,(H,26,27)(H,24,28,30)/b17-11+. The van der Waals surface area contributed by atoms with Crippen molar-refractivity contribution in [2.75, 3.05) is 11.5 Å². The van der Waals surface area contributed by atoms with Crippen molar-refractivity contribution >= 4 is 35.6 Å². The van der Waals surface area contributed by atoms with Crippen molar-refractivity contribution in [2.45, 2.75) is 6.42 Å². The Morgan fingerprint density at radius 3 is 2.52 bits per heavy atom. The molecule has 2 aromatic carbocycles. The number of carbonyl (C=O) groups excluding carboxylic acids is 3. The highest BCUT2D eigenvalue weighted by Crippen LogP contribution is 2.25. The molecule has 0 saturated carbocycles. The molecule has 0 aromatic heterocycles. The molecule has 0 spiro atoms. The minimum Gasteiger partial charge on any atom is -0.482 e. The summed E-state index contributed by atoms with van der Waals surface area (Å²) in [6.07, 6.45) is 3.24. The SMILES string of the molecule is C=CCc1cc(/C=C2\C(=O)NC(=O)N(c3ccc(F)cc3)C2=O)ccc1OCC(=O)O. The number of aliphatic carboxylic acids is 1. The van der Waals surface area contributed by atoms with Gasteiger partial charge in [-0.25, -0.2) is 18.9 Å². The third-order valence-electron chi connectivity index (χ3n) is 4.30. The number of carbonyl (C=O) groups is 4. The monoisotopic (exact) mass is 424 g/mol. The molecule has 31 heavy (non-hydrogen) atoms. The van der Waals surface area contributed by atoms with Gasteiger partial charge in [0.2, 0.25) is 0 Å². The molecule has 158 valence electrons. The molecule has 9 heteroatoms. The number of nitrogens with zero attached hydrogens (tertiary/aromatic N) is 1. The van der Waals surface area contributed by atoms with E-state index in [4.69, 9.17) is 9.84 Å². The van der Waals surface area contributed by atoms with E-state index in [-0.39, 0.29) is 11.3 Å². The average molecular weight is 424 g/mol. The third kappa shape index (κ3) is 4.84. The molecule has 0 radical (unpaired) electrons. The van der Waals surface area contributed by atoms with Crippen LogP contribution >= 0.6 is 0 Å². The van der Waals surface area contributed by atoms with E-state index in [1.54, 1.807) is 12.1 Å². The van der Waals surface area contributed by atoms with Crippen LogP contribution in [0.2, 0.25) is 0 Å². The van der Waals surface area contributed by atoms with Crippen molar-refractivity contribution in [1.82, 2.24) is 5.32 Å². The Kier molecular flexibility index (Phi) is 6.25. The number of amides is 4. The molecule has 0 bridgehead atoms. The largest absolute Gasteiger partial charge is 0.482 e. The normalized spacial score (nSPS) is 15.1. The van der Waals surface area contributed by atoms with Crippen LogP contribution < -0.4 is 15.0 Å². The number of allylic oxidation sites excluding steroid dienone is 1. The smallest absolute Gasteiger partial charge is 0.341 e. The summed E-state index contributed by atoms with van der Waals surface area (Å²) in [6.45, 7) is 3.12. The van der Waals surface area contributed by atoms with E-state index in [9.17, 15) is 23.6 Å². The van der Waals surface area contributed by atoms with Gasteiger partial charge in [0.25, 0.3) is 11.8 Å². The number of hydrogen-bond acceptors (Lipinski definition) is 5. The average Bonchev–Trinajstić information content (AvgIpc) is 2.72. The second kappa shape index (κ2) is 9.04. The van der Waals surface area contributed by atoms with E-state index in [1.165, 1.54) is 30.3 Å². The Labute approximate surface area is 176 Å². The van der Waals surface area contributed by atoms with Crippen LogP contribution in [0.5, 0.6) is 5.75 Å². The molecule has 1 heterocycles. The number of rotatable bonds is 7. The Bertz CT molecular complexity index is 1110. The molecule has 0 unspecified atom stereocenters. The zero-order chi connectivity index (χ0) is 22.5. The molecule has 0 aliphatic carbocycles. The zero-order valence-electron chi connectivity index (χ0n) is 16.1. The number of carboxylic acids is 1. The number of urea groups is 1. The number of halogens is 1. The van der Waals surface area contributed by atoms with Crippen LogP contribution in [0, 0.1) is 5.82 Å². The highest BCUT2D eigenvalue weighted by atomic mass is 19.1. The summed E-state index contributed by atoms with van der Waals surface area (Å²) >= 11 is 0. The predicted molar refractivity (Wildman–Crippen MR) is 109 cm³/mol. The van der Waals surface area contributed by atoms with E-state index in [1.807, 2.05) is 0 Å². The lowest BCUT2D eigenvalue weighted by molar-refractivity contribution is -0.139. The number of benzene rings is 2. The number of ether oxygens (including phenoxy) is 1. The first-order valence-electron chi connectivity index (χ1n) is 9.05. The van der Waals surface area contributed by atoms with E-state index in [0.717, 1.165) is 17.0 Å². The van der Waals surface area contributed by atoms with Gasteiger partial charge in [0.05, 0.1) is 5.69 Å².